The molecular formula is C20H17ClN2O2S. The molecule has 0 saturated heterocycles. The third-order valence-electron chi connectivity index (χ3n) is 4.97. The van der Waals surface area contributed by atoms with Gasteiger partial charge in [0.25, 0.3) is 5.91 Å². The Balaban J connectivity index is 1.46. The Morgan fingerprint density at radius 3 is 2.88 bits per heavy atom. The van der Waals surface area contributed by atoms with E-state index in [9.17, 15) is 4.79 Å². The second kappa shape index (κ2) is 6.18. The highest BCUT2D eigenvalue weighted by atomic mass is 35.5. The number of anilines is 1. The highest BCUT2D eigenvalue weighted by Crippen LogP contribution is 2.41. The first-order chi connectivity index (χ1) is 12.7. The van der Waals surface area contributed by atoms with Gasteiger partial charge in [-0.1, -0.05) is 23.7 Å². The van der Waals surface area contributed by atoms with E-state index < -0.39 is 0 Å². The third kappa shape index (κ3) is 2.63. The first-order valence-corrected chi connectivity index (χ1v) is 9.96. The van der Waals surface area contributed by atoms with Gasteiger partial charge in [-0.05, 0) is 55.5 Å². The molecule has 3 aromatic rings. The van der Waals surface area contributed by atoms with Crippen LogP contribution in [0, 0.1) is 0 Å². The van der Waals surface area contributed by atoms with E-state index in [0.717, 1.165) is 41.2 Å². The molecule has 1 aliphatic heterocycles. The van der Waals surface area contributed by atoms with Crippen LogP contribution in [-0.2, 0) is 12.8 Å². The van der Waals surface area contributed by atoms with Crippen molar-refractivity contribution in [2.75, 3.05) is 5.32 Å². The summed E-state index contributed by atoms with van der Waals surface area (Å²) in [5.41, 5.74) is 2.99. The van der Waals surface area contributed by atoms with E-state index in [4.69, 9.17) is 16.0 Å². The van der Waals surface area contributed by atoms with E-state index >= 15 is 0 Å². The molecule has 26 heavy (non-hydrogen) atoms. The lowest BCUT2D eigenvalue weighted by Gasteiger charge is -2.25. The molecule has 1 aliphatic carbocycles. The number of furan rings is 1. The van der Waals surface area contributed by atoms with Crippen LogP contribution in [0.15, 0.2) is 40.8 Å². The van der Waals surface area contributed by atoms with Gasteiger partial charge in [0.15, 0.2) is 6.17 Å². The van der Waals surface area contributed by atoms with Gasteiger partial charge >= 0.3 is 0 Å². The van der Waals surface area contributed by atoms with Crippen LogP contribution in [0.2, 0.25) is 5.02 Å². The number of aryl methyl sites for hydroxylation is 1. The molecule has 1 amide bonds. The monoisotopic (exact) mass is 384 g/mol. The van der Waals surface area contributed by atoms with E-state index in [1.54, 1.807) is 11.3 Å². The number of halogens is 1. The van der Waals surface area contributed by atoms with Crippen LogP contribution in [0.5, 0.6) is 0 Å². The maximum atomic E-state index is 12.7. The average molecular weight is 385 g/mol. The number of hydrogen-bond acceptors (Lipinski definition) is 4. The van der Waals surface area contributed by atoms with Crippen molar-refractivity contribution in [3.8, 4) is 11.3 Å². The van der Waals surface area contributed by atoms with Crippen LogP contribution in [0.25, 0.3) is 11.3 Å². The molecule has 2 aromatic heterocycles. The van der Waals surface area contributed by atoms with Crippen LogP contribution in [-0.4, -0.2) is 5.91 Å². The molecule has 0 radical (unpaired) electrons. The summed E-state index contributed by atoms with van der Waals surface area (Å²) in [4.78, 5) is 14.1. The lowest BCUT2D eigenvalue weighted by molar-refractivity contribution is 0.0930. The molecular weight excluding hydrogens is 368 g/mol. The Morgan fingerprint density at radius 2 is 2.00 bits per heavy atom. The minimum Gasteiger partial charge on any atom is -0.457 e. The molecule has 1 atom stereocenters. The van der Waals surface area contributed by atoms with E-state index in [1.807, 2.05) is 36.4 Å². The largest absolute Gasteiger partial charge is 0.457 e. The highest BCUT2D eigenvalue weighted by molar-refractivity contribution is 7.16. The molecule has 6 heteroatoms. The fourth-order valence-corrected chi connectivity index (χ4v) is 5.23. The van der Waals surface area contributed by atoms with Crippen LogP contribution < -0.4 is 10.6 Å². The van der Waals surface area contributed by atoms with Crippen molar-refractivity contribution >= 4 is 33.8 Å². The van der Waals surface area contributed by atoms with Crippen molar-refractivity contribution < 1.29 is 9.21 Å². The molecule has 0 fully saturated rings. The van der Waals surface area contributed by atoms with E-state index in [-0.39, 0.29) is 12.1 Å². The Labute approximate surface area is 160 Å². The summed E-state index contributed by atoms with van der Waals surface area (Å²) in [6.45, 7) is 0. The predicted molar refractivity (Wildman–Crippen MR) is 104 cm³/mol. The second-order valence-corrected chi connectivity index (χ2v) is 8.22. The SMILES string of the molecule is O=C1NC(c2ccc(-c3cccc(Cl)c3)o2)Nc2sc3c(c21)CCCC3. The fourth-order valence-electron chi connectivity index (χ4n) is 3.73. The Hall–Kier alpha value is -2.24. The van der Waals surface area contributed by atoms with E-state index in [2.05, 4.69) is 10.6 Å². The topological polar surface area (TPSA) is 54.3 Å². The average Bonchev–Trinajstić information content (AvgIpc) is 3.26. The van der Waals surface area contributed by atoms with Crippen molar-refractivity contribution in [2.45, 2.75) is 31.8 Å². The molecule has 2 N–H and O–H groups in total. The Bertz CT molecular complexity index is 1010. The van der Waals surface area contributed by atoms with Crippen molar-refractivity contribution in [3.63, 3.8) is 0 Å². The summed E-state index contributed by atoms with van der Waals surface area (Å²) in [5.74, 6) is 1.41. The number of thiophene rings is 1. The molecule has 0 bridgehead atoms. The number of benzene rings is 1. The number of carbonyl (C=O) groups is 1. The van der Waals surface area contributed by atoms with Gasteiger partial charge in [-0.2, -0.15) is 0 Å². The normalized spacial score (nSPS) is 18.7. The summed E-state index contributed by atoms with van der Waals surface area (Å²) in [6.07, 6.45) is 4.09. The van der Waals surface area contributed by atoms with Gasteiger partial charge < -0.3 is 15.1 Å². The number of hydrogen-bond donors (Lipinski definition) is 2. The molecule has 0 spiro atoms. The quantitative estimate of drug-likeness (QED) is 0.622. The summed E-state index contributed by atoms with van der Waals surface area (Å²) in [7, 11) is 0. The summed E-state index contributed by atoms with van der Waals surface area (Å²) >= 11 is 7.78. The number of amides is 1. The molecule has 0 saturated carbocycles. The van der Waals surface area contributed by atoms with E-state index in [1.165, 1.54) is 16.9 Å². The smallest absolute Gasteiger partial charge is 0.256 e. The van der Waals surface area contributed by atoms with Crippen molar-refractivity contribution in [1.82, 2.24) is 5.32 Å². The van der Waals surface area contributed by atoms with Gasteiger partial charge in [0.2, 0.25) is 0 Å². The maximum Gasteiger partial charge on any atom is 0.256 e. The van der Waals surface area contributed by atoms with Crippen LogP contribution in [0.4, 0.5) is 5.00 Å². The third-order valence-corrected chi connectivity index (χ3v) is 6.43. The van der Waals surface area contributed by atoms with Crippen LogP contribution >= 0.6 is 22.9 Å². The summed E-state index contributed by atoms with van der Waals surface area (Å²) in [5, 5.41) is 8.11. The van der Waals surface area contributed by atoms with Crippen LogP contribution in [0.3, 0.4) is 0 Å². The second-order valence-electron chi connectivity index (χ2n) is 6.68. The number of fused-ring (bicyclic) bond motifs is 3. The first kappa shape index (κ1) is 16.0. The zero-order chi connectivity index (χ0) is 17.7. The molecule has 5 rings (SSSR count). The minimum absolute atomic E-state index is 0.0103. The minimum atomic E-state index is -0.358. The Kier molecular flexibility index (Phi) is 3.80. The van der Waals surface area contributed by atoms with Gasteiger partial charge in [-0.25, -0.2) is 0 Å². The number of rotatable bonds is 2. The van der Waals surface area contributed by atoms with Gasteiger partial charge in [0.05, 0.1) is 5.56 Å². The van der Waals surface area contributed by atoms with Gasteiger partial charge in [0, 0.05) is 15.5 Å². The van der Waals surface area contributed by atoms with Gasteiger partial charge in [0.1, 0.15) is 16.5 Å². The lowest BCUT2D eigenvalue weighted by Crippen LogP contribution is -2.38. The van der Waals surface area contributed by atoms with Gasteiger partial charge in [-0.3, -0.25) is 4.79 Å². The van der Waals surface area contributed by atoms with Gasteiger partial charge in [-0.15, -0.1) is 11.3 Å². The van der Waals surface area contributed by atoms with Crippen molar-refractivity contribution in [2.24, 2.45) is 0 Å². The van der Waals surface area contributed by atoms with E-state index in [0.29, 0.717) is 10.8 Å². The van der Waals surface area contributed by atoms with Crippen molar-refractivity contribution in [1.29, 1.82) is 0 Å². The summed E-state index contributed by atoms with van der Waals surface area (Å²) < 4.78 is 6.00. The fraction of sp³-hybridized carbons (Fsp3) is 0.250. The number of nitrogens with one attached hydrogen (secondary N) is 2. The number of carbonyl (C=O) groups excluding carboxylic acids is 1. The molecule has 1 aromatic carbocycles. The molecule has 3 heterocycles. The standard InChI is InChI=1S/C20H17ClN2O2S/c21-12-5-3-4-11(10-12)14-8-9-15(25-14)18-22-19(24)17-13-6-1-2-7-16(13)26-20(17)23-18/h3-5,8-10,18,23H,1-2,6-7H2,(H,22,24). The first-order valence-electron chi connectivity index (χ1n) is 8.76. The maximum absolute atomic E-state index is 12.7. The molecule has 4 nitrogen and oxygen atoms in total. The molecule has 132 valence electrons. The highest BCUT2D eigenvalue weighted by Gasteiger charge is 2.33. The zero-order valence-electron chi connectivity index (χ0n) is 14.0. The molecule has 2 aliphatic rings. The lowest BCUT2D eigenvalue weighted by atomic mass is 9.94. The Morgan fingerprint density at radius 1 is 1.12 bits per heavy atom. The molecule has 1 unspecified atom stereocenters. The zero-order valence-corrected chi connectivity index (χ0v) is 15.5. The van der Waals surface area contributed by atoms with Crippen LogP contribution in [0.1, 0.15) is 45.6 Å². The predicted octanol–water partition coefficient (Wildman–Crippen LogP) is 5.39. The van der Waals surface area contributed by atoms with Crippen molar-refractivity contribution in [3.05, 3.63) is 63.2 Å². The summed E-state index contributed by atoms with van der Waals surface area (Å²) in [6, 6.07) is 11.3.